The van der Waals surface area contributed by atoms with E-state index in [4.69, 9.17) is 22.2 Å². The summed E-state index contributed by atoms with van der Waals surface area (Å²) in [4.78, 5) is 18.4. The lowest BCUT2D eigenvalue weighted by Crippen LogP contribution is -2.30. The Morgan fingerprint density at radius 3 is 3.00 bits per heavy atom. The maximum absolute atomic E-state index is 11.3. The molecule has 3 heterocycles. The maximum atomic E-state index is 11.3. The first kappa shape index (κ1) is 15.1. The first-order chi connectivity index (χ1) is 11.6. The van der Waals surface area contributed by atoms with Gasteiger partial charge in [-0.05, 0) is 23.9 Å². The fourth-order valence-electron chi connectivity index (χ4n) is 2.84. The summed E-state index contributed by atoms with van der Waals surface area (Å²) < 4.78 is 6.06. The Kier molecular flexibility index (Phi) is 3.72. The van der Waals surface area contributed by atoms with Crippen LogP contribution in [0.25, 0.3) is 22.3 Å². The van der Waals surface area contributed by atoms with Crippen molar-refractivity contribution >= 4 is 22.4 Å². The Bertz CT molecular complexity index is 953. The highest BCUT2D eigenvalue weighted by Gasteiger charge is 2.24. The van der Waals surface area contributed by atoms with Crippen molar-refractivity contribution in [3.05, 3.63) is 39.8 Å². The van der Waals surface area contributed by atoms with E-state index >= 15 is 0 Å². The molecule has 1 aliphatic heterocycles. The summed E-state index contributed by atoms with van der Waals surface area (Å²) in [5, 5.41) is 10.1. The van der Waals surface area contributed by atoms with E-state index in [0.29, 0.717) is 29.0 Å². The number of nitrogens with zero attached hydrogens (tertiary/aromatic N) is 3. The summed E-state index contributed by atoms with van der Waals surface area (Å²) in [7, 11) is 0. The number of nitrogens with two attached hydrogens (primary N) is 1. The van der Waals surface area contributed by atoms with E-state index in [1.165, 1.54) is 0 Å². The van der Waals surface area contributed by atoms with Crippen LogP contribution in [0.4, 0.5) is 0 Å². The number of ether oxygens (including phenoxy) is 1. The van der Waals surface area contributed by atoms with E-state index in [-0.39, 0.29) is 6.10 Å². The zero-order chi connectivity index (χ0) is 16.7. The smallest absolute Gasteiger partial charge is 0.340 e. The quantitative estimate of drug-likeness (QED) is 0.616. The average molecular weight is 347 g/mol. The van der Waals surface area contributed by atoms with Crippen LogP contribution in [0.3, 0.4) is 0 Å². The topological polar surface area (TPSA) is 113 Å². The molecule has 8 nitrogen and oxygen atoms in total. The molecule has 4 N–H and O–H groups in total. The van der Waals surface area contributed by atoms with E-state index in [0.717, 1.165) is 23.7 Å². The molecule has 0 radical (unpaired) electrons. The third-order valence-electron chi connectivity index (χ3n) is 3.97. The molecule has 0 unspecified atom stereocenters. The molecule has 1 atom stereocenters. The fraction of sp³-hybridized carbons (Fsp3) is 0.267. The number of aromatic amines is 2. The molecule has 0 bridgehead atoms. The van der Waals surface area contributed by atoms with Crippen molar-refractivity contribution in [1.82, 2.24) is 25.2 Å². The lowest BCUT2D eigenvalue weighted by atomic mass is 10.1. The predicted molar refractivity (Wildman–Crippen MR) is 89.7 cm³/mol. The fourth-order valence-corrected chi connectivity index (χ4v) is 3.10. The van der Waals surface area contributed by atoms with Crippen LogP contribution in [0.1, 0.15) is 6.42 Å². The van der Waals surface area contributed by atoms with Crippen LogP contribution in [0.15, 0.2) is 29.1 Å². The SMILES string of the molecule is NN1CC[C@H](Oc2nc(-c3n[nH]c(=O)[nH]3)cc3cccc(Cl)c23)C1. The largest absolute Gasteiger partial charge is 0.472 e. The van der Waals surface area contributed by atoms with Gasteiger partial charge in [0.2, 0.25) is 5.88 Å². The molecule has 0 saturated carbocycles. The van der Waals surface area contributed by atoms with Gasteiger partial charge in [-0.25, -0.2) is 19.9 Å². The number of hydrogen-bond donors (Lipinski definition) is 3. The van der Waals surface area contributed by atoms with Crippen LogP contribution in [0, 0.1) is 0 Å². The summed E-state index contributed by atoms with van der Waals surface area (Å²) in [6.45, 7) is 1.39. The molecule has 1 aromatic carbocycles. The van der Waals surface area contributed by atoms with Crippen LogP contribution in [0.2, 0.25) is 5.02 Å². The molecule has 0 spiro atoms. The van der Waals surface area contributed by atoms with Crippen molar-refractivity contribution in [3.8, 4) is 17.4 Å². The lowest BCUT2D eigenvalue weighted by Gasteiger charge is -2.16. The van der Waals surface area contributed by atoms with E-state index in [9.17, 15) is 4.79 Å². The Hall–Kier alpha value is -2.42. The number of hydrogen-bond acceptors (Lipinski definition) is 6. The van der Waals surface area contributed by atoms with Gasteiger partial charge in [0.25, 0.3) is 0 Å². The van der Waals surface area contributed by atoms with Gasteiger partial charge in [0.15, 0.2) is 5.82 Å². The number of halogens is 1. The second kappa shape index (κ2) is 5.90. The summed E-state index contributed by atoms with van der Waals surface area (Å²) >= 11 is 6.34. The standard InChI is InChI=1S/C15H15ClN6O2/c16-10-3-1-2-8-6-11(13-19-15(23)21-20-13)18-14(12(8)10)24-9-4-5-22(17)7-9/h1-3,6,9H,4-5,7,17H2,(H2,19,20,21,23)/t9-/m0/s1. The summed E-state index contributed by atoms with van der Waals surface area (Å²) in [6.07, 6.45) is 0.753. The zero-order valence-corrected chi connectivity index (χ0v) is 13.4. The lowest BCUT2D eigenvalue weighted by molar-refractivity contribution is 0.197. The number of benzene rings is 1. The molecular weight excluding hydrogens is 332 g/mol. The van der Waals surface area contributed by atoms with Crippen molar-refractivity contribution in [2.45, 2.75) is 12.5 Å². The number of fused-ring (bicyclic) bond motifs is 1. The van der Waals surface area contributed by atoms with Gasteiger partial charge in [0.05, 0.1) is 17.0 Å². The third kappa shape index (κ3) is 2.75. The molecule has 1 fully saturated rings. The highest BCUT2D eigenvalue weighted by atomic mass is 35.5. The van der Waals surface area contributed by atoms with Gasteiger partial charge >= 0.3 is 5.69 Å². The Morgan fingerprint density at radius 2 is 2.29 bits per heavy atom. The molecule has 124 valence electrons. The minimum absolute atomic E-state index is 0.0598. The minimum Gasteiger partial charge on any atom is -0.472 e. The van der Waals surface area contributed by atoms with Gasteiger partial charge in [-0.15, -0.1) is 0 Å². The van der Waals surface area contributed by atoms with Gasteiger partial charge in [-0.3, -0.25) is 10.8 Å². The van der Waals surface area contributed by atoms with Crippen LogP contribution in [0.5, 0.6) is 5.88 Å². The molecule has 24 heavy (non-hydrogen) atoms. The van der Waals surface area contributed by atoms with Crippen LogP contribution in [-0.4, -0.2) is 44.4 Å². The summed E-state index contributed by atoms with van der Waals surface area (Å²) in [5.41, 5.74) is 0.107. The first-order valence-electron chi connectivity index (χ1n) is 7.51. The van der Waals surface area contributed by atoms with Crippen molar-refractivity contribution < 1.29 is 4.74 Å². The number of aromatic nitrogens is 4. The third-order valence-corrected chi connectivity index (χ3v) is 4.29. The second-order valence-electron chi connectivity index (χ2n) is 5.70. The van der Waals surface area contributed by atoms with E-state index in [1.54, 1.807) is 11.1 Å². The normalized spacial score (nSPS) is 18.3. The molecule has 0 aliphatic carbocycles. The summed E-state index contributed by atoms with van der Waals surface area (Å²) in [5.74, 6) is 6.56. The van der Waals surface area contributed by atoms with Crippen LogP contribution < -0.4 is 16.3 Å². The number of nitrogens with one attached hydrogen (secondary N) is 2. The second-order valence-corrected chi connectivity index (χ2v) is 6.11. The van der Waals surface area contributed by atoms with Crippen molar-refractivity contribution in [2.24, 2.45) is 5.84 Å². The highest BCUT2D eigenvalue weighted by Crippen LogP contribution is 2.34. The molecule has 9 heteroatoms. The molecular formula is C15H15ClN6O2. The van der Waals surface area contributed by atoms with Gasteiger partial charge in [0, 0.05) is 6.54 Å². The van der Waals surface area contributed by atoms with Crippen molar-refractivity contribution in [2.75, 3.05) is 13.1 Å². The average Bonchev–Trinajstić information content (AvgIpc) is 3.16. The van der Waals surface area contributed by atoms with Gasteiger partial charge in [-0.2, -0.15) is 5.10 Å². The van der Waals surface area contributed by atoms with E-state index in [1.807, 2.05) is 18.2 Å². The molecule has 1 aliphatic rings. The molecule has 0 amide bonds. The molecule has 3 aromatic rings. The predicted octanol–water partition coefficient (Wildman–Crippen LogP) is 1.29. The number of H-pyrrole nitrogens is 2. The van der Waals surface area contributed by atoms with Crippen molar-refractivity contribution in [1.29, 1.82) is 0 Å². The van der Waals surface area contributed by atoms with E-state index in [2.05, 4.69) is 20.2 Å². The molecule has 4 rings (SSSR count). The highest BCUT2D eigenvalue weighted by molar-refractivity contribution is 6.36. The van der Waals surface area contributed by atoms with Crippen LogP contribution in [-0.2, 0) is 0 Å². The summed E-state index contributed by atoms with van der Waals surface area (Å²) in [6, 6.07) is 7.36. The van der Waals surface area contributed by atoms with Crippen molar-refractivity contribution in [3.63, 3.8) is 0 Å². The number of hydrazine groups is 1. The van der Waals surface area contributed by atoms with Gasteiger partial charge in [-0.1, -0.05) is 23.7 Å². The van der Waals surface area contributed by atoms with E-state index < -0.39 is 5.69 Å². The Labute approximate surface area is 141 Å². The van der Waals surface area contributed by atoms with Gasteiger partial charge < -0.3 is 4.74 Å². The number of pyridine rings is 1. The van der Waals surface area contributed by atoms with Gasteiger partial charge in [0.1, 0.15) is 11.8 Å². The zero-order valence-electron chi connectivity index (χ0n) is 12.6. The molecule has 1 saturated heterocycles. The monoisotopic (exact) mass is 346 g/mol. The first-order valence-corrected chi connectivity index (χ1v) is 7.88. The van der Waals surface area contributed by atoms with Crippen LogP contribution >= 0.6 is 11.6 Å². The number of rotatable bonds is 3. The maximum Gasteiger partial charge on any atom is 0.340 e. The molecule has 2 aromatic heterocycles. The minimum atomic E-state index is -0.393. The Morgan fingerprint density at radius 1 is 1.42 bits per heavy atom. The Balaban J connectivity index is 1.83.